The van der Waals surface area contributed by atoms with Crippen molar-refractivity contribution in [1.29, 1.82) is 0 Å². The molecule has 2 aromatic carbocycles. The largest absolute Gasteiger partial charge is 0.293 e. The van der Waals surface area contributed by atoms with Crippen LogP contribution in [0.15, 0.2) is 42.5 Å². The third-order valence-corrected chi connectivity index (χ3v) is 4.75. The van der Waals surface area contributed by atoms with Gasteiger partial charge >= 0.3 is 0 Å². The summed E-state index contributed by atoms with van der Waals surface area (Å²) in [6, 6.07) is 13.6. The zero-order chi connectivity index (χ0) is 15.4. The van der Waals surface area contributed by atoms with Crippen molar-refractivity contribution >= 4 is 29.1 Å². The number of carbonyl (C=O) groups excluding carboxylic acids is 1. The average Bonchev–Trinajstić information content (AvgIpc) is 2.44. The lowest BCUT2D eigenvalue weighted by Crippen LogP contribution is -2.13. The Bertz CT molecular complexity index is 614. The first-order chi connectivity index (χ1) is 9.95. The fraction of sp³-hybridized carbons (Fsp3) is 0.278. The summed E-state index contributed by atoms with van der Waals surface area (Å²) in [7, 11) is 0. The molecule has 0 aliphatic heterocycles. The number of aryl methyl sites for hydroxylation is 2. The summed E-state index contributed by atoms with van der Waals surface area (Å²) < 4.78 is 0. The Hall–Kier alpha value is -1.25. The van der Waals surface area contributed by atoms with E-state index in [2.05, 4.69) is 32.0 Å². The summed E-state index contributed by atoms with van der Waals surface area (Å²) in [4.78, 5) is 12.3. The highest BCUT2D eigenvalue weighted by Gasteiger charge is 2.15. The molecule has 0 saturated carbocycles. The zero-order valence-corrected chi connectivity index (χ0v) is 14.1. The first-order valence-corrected chi connectivity index (χ1v) is 8.37. The number of thioether (sulfide) groups is 1. The van der Waals surface area contributed by atoms with Gasteiger partial charge in [0.05, 0.1) is 5.25 Å². The smallest absolute Gasteiger partial charge is 0.175 e. The zero-order valence-electron chi connectivity index (χ0n) is 12.5. The van der Waals surface area contributed by atoms with Crippen LogP contribution in [0.4, 0.5) is 0 Å². The van der Waals surface area contributed by atoms with E-state index in [1.807, 2.05) is 6.92 Å². The van der Waals surface area contributed by atoms with Crippen LogP contribution in [-0.2, 0) is 5.75 Å². The van der Waals surface area contributed by atoms with Crippen LogP contribution in [0.2, 0.25) is 5.02 Å². The van der Waals surface area contributed by atoms with Gasteiger partial charge in [-0.05, 0) is 50.6 Å². The monoisotopic (exact) mass is 318 g/mol. The number of benzene rings is 2. The number of carbonyl (C=O) groups is 1. The number of Topliss-reactive ketones (excluding diaryl/α,β-unsaturated/α-hetero) is 1. The van der Waals surface area contributed by atoms with Gasteiger partial charge in [0, 0.05) is 16.3 Å². The van der Waals surface area contributed by atoms with Crippen LogP contribution in [0.1, 0.15) is 34.0 Å². The molecule has 0 spiro atoms. The molecule has 0 heterocycles. The van der Waals surface area contributed by atoms with Crippen LogP contribution in [0.3, 0.4) is 0 Å². The molecule has 1 nitrogen and oxygen atoms in total. The Morgan fingerprint density at radius 2 is 1.67 bits per heavy atom. The molecular weight excluding hydrogens is 300 g/mol. The van der Waals surface area contributed by atoms with E-state index in [-0.39, 0.29) is 11.0 Å². The van der Waals surface area contributed by atoms with Gasteiger partial charge < -0.3 is 0 Å². The molecule has 1 atom stereocenters. The van der Waals surface area contributed by atoms with E-state index < -0.39 is 0 Å². The summed E-state index contributed by atoms with van der Waals surface area (Å²) in [6.45, 7) is 6.16. The minimum absolute atomic E-state index is 0.0630. The van der Waals surface area contributed by atoms with Crippen molar-refractivity contribution in [3.05, 3.63) is 69.7 Å². The molecule has 0 saturated heterocycles. The Morgan fingerprint density at radius 3 is 2.24 bits per heavy atom. The van der Waals surface area contributed by atoms with Gasteiger partial charge in [-0.3, -0.25) is 4.79 Å². The van der Waals surface area contributed by atoms with Crippen LogP contribution < -0.4 is 0 Å². The third kappa shape index (κ3) is 4.62. The molecule has 0 aliphatic rings. The Labute approximate surface area is 135 Å². The number of hydrogen-bond donors (Lipinski definition) is 0. The van der Waals surface area contributed by atoms with Gasteiger partial charge in [0.2, 0.25) is 0 Å². The molecule has 3 heteroatoms. The second kappa shape index (κ2) is 7.15. The molecule has 0 bridgehead atoms. The van der Waals surface area contributed by atoms with E-state index >= 15 is 0 Å². The van der Waals surface area contributed by atoms with Gasteiger partial charge in [-0.1, -0.05) is 40.9 Å². The lowest BCUT2D eigenvalue weighted by molar-refractivity contribution is 0.0994. The second-order valence-electron chi connectivity index (χ2n) is 5.32. The molecule has 0 aliphatic carbocycles. The van der Waals surface area contributed by atoms with E-state index in [9.17, 15) is 4.79 Å². The molecule has 21 heavy (non-hydrogen) atoms. The van der Waals surface area contributed by atoms with Crippen LogP contribution in [0, 0.1) is 13.8 Å². The highest BCUT2D eigenvalue weighted by Crippen LogP contribution is 2.23. The van der Waals surface area contributed by atoms with Crippen molar-refractivity contribution in [2.45, 2.75) is 31.8 Å². The van der Waals surface area contributed by atoms with Crippen LogP contribution in [-0.4, -0.2) is 11.0 Å². The maximum Gasteiger partial charge on any atom is 0.175 e. The first-order valence-electron chi connectivity index (χ1n) is 6.94. The summed E-state index contributed by atoms with van der Waals surface area (Å²) in [5.74, 6) is 1.00. The quantitative estimate of drug-likeness (QED) is 0.681. The van der Waals surface area contributed by atoms with Gasteiger partial charge in [-0.25, -0.2) is 0 Å². The molecule has 0 fully saturated rings. The number of rotatable bonds is 5. The third-order valence-electron chi connectivity index (χ3n) is 3.28. The van der Waals surface area contributed by atoms with Crippen LogP contribution in [0.5, 0.6) is 0 Å². The Balaban J connectivity index is 1.99. The summed E-state index contributed by atoms with van der Waals surface area (Å²) in [5.41, 5.74) is 4.53. The highest BCUT2D eigenvalue weighted by molar-refractivity contribution is 7.99. The number of hydrogen-bond acceptors (Lipinski definition) is 2. The van der Waals surface area contributed by atoms with Gasteiger partial charge in [0.15, 0.2) is 5.78 Å². The van der Waals surface area contributed by atoms with E-state index in [1.54, 1.807) is 36.0 Å². The Morgan fingerprint density at radius 1 is 1.10 bits per heavy atom. The summed E-state index contributed by atoms with van der Waals surface area (Å²) in [6.07, 6.45) is 0. The van der Waals surface area contributed by atoms with E-state index in [1.165, 1.54) is 16.7 Å². The Kier molecular flexibility index (Phi) is 5.49. The predicted octanol–water partition coefficient (Wildman–Crippen LogP) is 5.46. The predicted molar refractivity (Wildman–Crippen MR) is 92.5 cm³/mol. The van der Waals surface area contributed by atoms with Crippen molar-refractivity contribution in [3.63, 3.8) is 0 Å². The normalized spacial score (nSPS) is 12.2. The summed E-state index contributed by atoms with van der Waals surface area (Å²) >= 11 is 7.52. The SMILES string of the molecule is Cc1cc(C)cc(CSC(C)C(=O)c2ccc(Cl)cc2)c1. The fourth-order valence-electron chi connectivity index (χ4n) is 2.30. The maximum absolute atomic E-state index is 12.3. The van der Waals surface area contributed by atoms with Crippen molar-refractivity contribution in [3.8, 4) is 0 Å². The standard InChI is InChI=1S/C18H19ClOS/c1-12-8-13(2)10-15(9-12)11-21-14(3)18(20)16-4-6-17(19)7-5-16/h4-10,14H,11H2,1-3H3. The molecule has 0 amide bonds. The molecular formula is C18H19ClOS. The van der Waals surface area contributed by atoms with E-state index in [4.69, 9.17) is 11.6 Å². The van der Waals surface area contributed by atoms with E-state index in [0.717, 1.165) is 11.3 Å². The minimum Gasteiger partial charge on any atom is -0.293 e. The number of ketones is 1. The molecule has 110 valence electrons. The van der Waals surface area contributed by atoms with Crippen molar-refractivity contribution in [2.75, 3.05) is 0 Å². The van der Waals surface area contributed by atoms with Crippen molar-refractivity contribution in [1.82, 2.24) is 0 Å². The minimum atomic E-state index is -0.0630. The molecule has 0 aromatic heterocycles. The van der Waals surface area contributed by atoms with Crippen molar-refractivity contribution < 1.29 is 4.79 Å². The fourth-order valence-corrected chi connectivity index (χ4v) is 3.32. The van der Waals surface area contributed by atoms with Crippen LogP contribution in [0.25, 0.3) is 0 Å². The van der Waals surface area contributed by atoms with Gasteiger partial charge in [-0.15, -0.1) is 11.8 Å². The number of halogens is 1. The van der Waals surface area contributed by atoms with E-state index in [0.29, 0.717) is 5.02 Å². The topological polar surface area (TPSA) is 17.1 Å². The lowest BCUT2D eigenvalue weighted by Gasteiger charge is -2.11. The molecule has 1 unspecified atom stereocenters. The second-order valence-corrected chi connectivity index (χ2v) is 7.09. The summed E-state index contributed by atoms with van der Waals surface area (Å²) in [5, 5.41) is 0.592. The van der Waals surface area contributed by atoms with Crippen LogP contribution >= 0.6 is 23.4 Å². The maximum atomic E-state index is 12.3. The lowest BCUT2D eigenvalue weighted by atomic mass is 10.1. The molecule has 2 rings (SSSR count). The molecule has 0 radical (unpaired) electrons. The highest BCUT2D eigenvalue weighted by atomic mass is 35.5. The molecule has 0 N–H and O–H groups in total. The van der Waals surface area contributed by atoms with Gasteiger partial charge in [0.25, 0.3) is 0 Å². The van der Waals surface area contributed by atoms with Crippen molar-refractivity contribution in [2.24, 2.45) is 0 Å². The average molecular weight is 319 g/mol. The van der Waals surface area contributed by atoms with Gasteiger partial charge in [0.1, 0.15) is 0 Å². The van der Waals surface area contributed by atoms with Gasteiger partial charge in [-0.2, -0.15) is 0 Å². The molecule has 2 aromatic rings. The first kappa shape index (κ1) is 16.1.